The molecule has 0 unspecified atom stereocenters. The van der Waals surface area contributed by atoms with Crippen molar-refractivity contribution < 1.29 is 72.5 Å². The molecular formula is C4H3F12Li. The minimum absolute atomic E-state index is 0. The van der Waals surface area contributed by atoms with E-state index in [9.17, 15) is 39.5 Å². The second kappa shape index (κ2) is 7.96. The van der Waals surface area contributed by atoms with E-state index in [1.165, 1.54) is 0 Å². The Labute approximate surface area is 97.8 Å². The molecular weight excluding hydrogens is 283 g/mol. The first kappa shape index (κ1) is 30.1. The Kier molecular flexibility index (Phi) is 14.1. The molecule has 0 amide bonds. The Morgan fingerprint density at radius 1 is 0.647 bits per heavy atom. The second-order valence-electron chi connectivity index (χ2n) is 1.91. The molecule has 0 atom stereocenters. The van der Waals surface area contributed by atoms with Crippen molar-refractivity contribution in [1.29, 1.82) is 0 Å². The van der Waals surface area contributed by atoms with Crippen molar-refractivity contribution in [2.24, 2.45) is 0 Å². The van der Waals surface area contributed by atoms with Gasteiger partial charge in [-0.2, -0.15) is 22.0 Å². The van der Waals surface area contributed by atoms with Crippen molar-refractivity contribution in [3.63, 3.8) is 0 Å². The predicted octanol–water partition coefficient (Wildman–Crippen LogP) is 0.709. The fourth-order valence-electron chi connectivity index (χ4n) is 0.297. The Morgan fingerprint density at radius 3 is 0.941 bits per heavy atom. The molecule has 0 bridgehead atoms. The Balaban J connectivity index is -0.000000120. The van der Waals surface area contributed by atoms with Crippen molar-refractivity contribution in [1.82, 2.24) is 0 Å². The summed E-state index contributed by atoms with van der Waals surface area (Å²) in [6, 6.07) is 0. The average molecular weight is 286 g/mol. The fraction of sp³-hybridized carbons (Fsp3) is 0.750. The molecule has 13 heteroatoms. The molecule has 104 valence electrons. The first-order valence-electron chi connectivity index (χ1n) is 2.45. The van der Waals surface area contributed by atoms with Gasteiger partial charge < -0.3 is 8.78 Å². The summed E-state index contributed by atoms with van der Waals surface area (Å²) < 4.78 is 102. The molecule has 0 aromatic rings. The first-order valence-corrected chi connectivity index (χ1v) is 2.45. The number of halogens is 12. The van der Waals surface area contributed by atoms with Gasteiger partial charge in [0.25, 0.3) is 5.92 Å². The molecule has 17 heavy (non-hydrogen) atoms. The zero-order valence-corrected chi connectivity index (χ0v) is 7.63. The van der Waals surface area contributed by atoms with Crippen LogP contribution in [0.5, 0.6) is 0 Å². The minimum Gasteiger partial charge on any atom is -0.415 e. The van der Waals surface area contributed by atoms with E-state index >= 15 is 0 Å². The molecule has 0 saturated carbocycles. The van der Waals surface area contributed by atoms with Gasteiger partial charge in [0.1, 0.15) is 0 Å². The second-order valence-corrected chi connectivity index (χ2v) is 1.91. The van der Waals surface area contributed by atoms with Gasteiger partial charge in [0.05, 0.1) is 6.43 Å². The van der Waals surface area contributed by atoms with E-state index in [-0.39, 0.29) is 33.0 Å². The third-order valence-corrected chi connectivity index (χ3v) is 0.988. The van der Waals surface area contributed by atoms with Crippen LogP contribution in [0.2, 0.25) is 0 Å². The van der Waals surface area contributed by atoms with E-state index in [0.29, 0.717) is 0 Å². The molecule has 0 heterocycles. The Bertz CT molecular complexity index is 183. The maximum Gasteiger partial charge on any atom is 1.00 e. The first-order chi connectivity index (χ1) is 5.44. The van der Waals surface area contributed by atoms with Crippen LogP contribution in [0.25, 0.3) is 0 Å². The molecule has 0 aromatic carbocycles. The summed E-state index contributed by atoms with van der Waals surface area (Å²) >= 11 is 0. The van der Waals surface area contributed by atoms with Gasteiger partial charge in [-0.25, -0.2) is 8.78 Å². The van der Waals surface area contributed by atoms with Crippen molar-refractivity contribution in [3.8, 4) is 0 Å². The van der Waals surface area contributed by atoms with Gasteiger partial charge in [0, 0.05) is 0 Å². The molecule has 0 rings (SSSR count). The van der Waals surface area contributed by atoms with E-state index in [1.54, 1.807) is 0 Å². The fourth-order valence-corrected chi connectivity index (χ4v) is 0.297. The molecule has 0 aliphatic heterocycles. The predicted molar refractivity (Wildman–Crippen MR) is 28.9 cm³/mol. The van der Waals surface area contributed by atoms with Crippen LogP contribution in [-0.2, 0) is 0 Å². The van der Waals surface area contributed by atoms with Gasteiger partial charge in [-0.1, -0.05) is 0 Å². The van der Waals surface area contributed by atoms with Crippen LogP contribution in [0.15, 0.2) is 0 Å². The van der Waals surface area contributed by atoms with Crippen LogP contribution in [0, 0.1) is 6.43 Å². The van der Waals surface area contributed by atoms with Crippen LogP contribution < -0.4 is 18.9 Å². The standard InChI is InChI=1S/C4F9.3FH.Li/c5-1(6)2(7,8)3(9,10)4(11,12)13;;;;/h;3*1H;/q-1;;;;+1. The summed E-state index contributed by atoms with van der Waals surface area (Å²) in [5, 5.41) is 0. The van der Waals surface area contributed by atoms with Crippen LogP contribution in [0.1, 0.15) is 0 Å². The molecule has 0 saturated heterocycles. The van der Waals surface area contributed by atoms with E-state index in [0.717, 1.165) is 0 Å². The molecule has 0 spiro atoms. The Hall–Kier alpha value is -0.243. The summed E-state index contributed by atoms with van der Waals surface area (Å²) in [7, 11) is 0. The van der Waals surface area contributed by atoms with Crippen LogP contribution in [0.4, 0.5) is 53.6 Å². The Morgan fingerprint density at radius 2 is 0.882 bits per heavy atom. The van der Waals surface area contributed by atoms with Gasteiger partial charge in [0.15, 0.2) is 0 Å². The van der Waals surface area contributed by atoms with Crippen LogP contribution in [0.3, 0.4) is 0 Å². The SMILES string of the molecule is F.F.F.F[C-](F)C(F)(F)C(F)(F)C(F)(F)F.[Li+]. The summed E-state index contributed by atoms with van der Waals surface area (Å²) in [5.41, 5.74) is 0. The summed E-state index contributed by atoms with van der Waals surface area (Å²) in [4.78, 5) is 0. The molecule has 0 fully saturated rings. The number of rotatable bonds is 2. The quantitative estimate of drug-likeness (QED) is 0.398. The van der Waals surface area contributed by atoms with Gasteiger partial charge in [-0.15, -0.1) is 0 Å². The third kappa shape index (κ3) is 5.28. The number of hydrogen-bond donors (Lipinski definition) is 0. The van der Waals surface area contributed by atoms with Gasteiger partial charge in [-0.05, 0) is 0 Å². The minimum atomic E-state index is -6.77. The van der Waals surface area contributed by atoms with Gasteiger partial charge in [-0.3, -0.25) is 14.1 Å². The van der Waals surface area contributed by atoms with Crippen molar-refractivity contribution in [2.45, 2.75) is 18.0 Å². The maximum absolute atomic E-state index is 11.6. The molecule has 0 aromatic heterocycles. The van der Waals surface area contributed by atoms with Gasteiger partial charge in [0.2, 0.25) is 0 Å². The van der Waals surface area contributed by atoms with E-state index in [4.69, 9.17) is 0 Å². The molecule has 0 N–H and O–H groups in total. The number of hydrogen-bond acceptors (Lipinski definition) is 0. The summed E-state index contributed by atoms with van der Waals surface area (Å²) in [5.74, 6) is -13.3. The zero-order chi connectivity index (χ0) is 11.1. The van der Waals surface area contributed by atoms with Gasteiger partial charge >= 0.3 is 31.0 Å². The van der Waals surface area contributed by atoms with Crippen molar-refractivity contribution in [3.05, 3.63) is 6.43 Å². The monoisotopic (exact) mass is 286 g/mol. The van der Waals surface area contributed by atoms with Crippen molar-refractivity contribution >= 4 is 0 Å². The van der Waals surface area contributed by atoms with Crippen LogP contribution in [-0.4, -0.2) is 18.0 Å². The van der Waals surface area contributed by atoms with E-state index in [1.807, 2.05) is 0 Å². The third-order valence-electron chi connectivity index (χ3n) is 0.988. The largest absolute Gasteiger partial charge is 1.00 e. The maximum atomic E-state index is 11.6. The summed E-state index contributed by atoms with van der Waals surface area (Å²) in [6.45, 7) is 0. The molecule has 0 radical (unpaired) electrons. The average Bonchev–Trinajstić information content (AvgIpc) is 1.84. The van der Waals surface area contributed by atoms with E-state index in [2.05, 4.69) is 0 Å². The number of alkyl halides is 7. The normalized spacial score (nSPS) is 11.6. The van der Waals surface area contributed by atoms with Crippen LogP contribution >= 0.6 is 0 Å². The smallest absolute Gasteiger partial charge is 0.415 e. The summed E-state index contributed by atoms with van der Waals surface area (Å²) in [6.07, 6.45) is -11.0. The van der Waals surface area contributed by atoms with Crippen molar-refractivity contribution in [2.75, 3.05) is 0 Å². The molecule has 0 aliphatic carbocycles. The molecule has 0 aliphatic rings. The van der Waals surface area contributed by atoms with E-state index < -0.39 is 24.4 Å². The molecule has 0 nitrogen and oxygen atoms in total. The topological polar surface area (TPSA) is 0 Å². The zero-order valence-electron chi connectivity index (χ0n) is 7.63.